The maximum absolute atomic E-state index is 11.8. The van der Waals surface area contributed by atoms with Gasteiger partial charge < -0.3 is 14.2 Å². The van der Waals surface area contributed by atoms with Crippen LogP contribution in [-0.4, -0.2) is 34.5 Å². The van der Waals surface area contributed by atoms with Gasteiger partial charge in [-0.2, -0.15) is 23.4 Å². The Labute approximate surface area is 111 Å². The molecule has 106 valence electrons. The van der Waals surface area contributed by atoms with E-state index in [1.807, 2.05) is 6.07 Å². The van der Waals surface area contributed by atoms with Gasteiger partial charge in [0.2, 0.25) is 0 Å². The normalized spacial score (nSPS) is 11.5. The summed E-state index contributed by atoms with van der Waals surface area (Å²) in [6.45, 7) is -1.47. The van der Waals surface area contributed by atoms with Crippen molar-refractivity contribution in [1.29, 1.82) is 5.26 Å². The van der Waals surface area contributed by atoms with Crippen LogP contribution in [0.25, 0.3) is 11.6 Å². The largest absolute Gasteiger partial charge is 0.411 e. The molecular weight excluding hydrogens is 277 g/mol. The third kappa shape index (κ3) is 3.83. The van der Waals surface area contributed by atoms with Crippen LogP contribution in [0.5, 0.6) is 0 Å². The van der Waals surface area contributed by atoms with E-state index in [4.69, 9.17) is 9.78 Å². The lowest BCUT2D eigenvalue weighted by Crippen LogP contribution is -2.18. The molecule has 9 heteroatoms. The van der Waals surface area contributed by atoms with Crippen molar-refractivity contribution in [3.8, 4) is 17.7 Å². The molecule has 0 fully saturated rings. The number of hydrogen-bond donors (Lipinski definition) is 1. The van der Waals surface area contributed by atoms with E-state index in [0.717, 1.165) is 0 Å². The summed E-state index contributed by atoms with van der Waals surface area (Å²) in [5.74, 6) is 0.396. The second-order valence-corrected chi connectivity index (χ2v) is 3.83. The number of nitriles is 1. The molecule has 2 aromatic rings. The minimum atomic E-state index is -4.35. The predicted octanol–water partition coefficient (Wildman–Crippen LogP) is 2.06. The van der Waals surface area contributed by atoms with Crippen molar-refractivity contribution >= 4 is 0 Å². The molecule has 2 rings (SSSR count). The Morgan fingerprint density at radius 1 is 1.40 bits per heavy atom. The fourth-order valence-electron chi connectivity index (χ4n) is 1.40. The highest BCUT2D eigenvalue weighted by molar-refractivity contribution is 5.49. The number of H-pyrrole nitrogens is 1. The minimum Gasteiger partial charge on any atom is -0.372 e. The highest BCUT2D eigenvalue weighted by atomic mass is 19.4. The van der Waals surface area contributed by atoms with Crippen molar-refractivity contribution in [3.05, 3.63) is 23.7 Å². The van der Waals surface area contributed by atoms with Gasteiger partial charge in [-0.05, 0) is 12.1 Å². The summed E-state index contributed by atoms with van der Waals surface area (Å²) in [7, 11) is 0. The molecule has 0 amide bonds. The average molecular weight is 286 g/mol. The molecule has 0 unspecified atom stereocenters. The molecule has 0 aliphatic rings. The van der Waals surface area contributed by atoms with Crippen LogP contribution in [0.4, 0.5) is 13.2 Å². The van der Waals surface area contributed by atoms with Gasteiger partial charge in [-0.15, -0.1) is 0 Å². The molecule has 0 spiro atoms. The van der Waals surface area contributed by atoms with Crippen molar-refractivity contribution in [1.82, 2.24) is 15.1 Å². The number of nitrogens with zero attached hydrogens (tertiary/aromatic N) is 3. The molecular formula is C11H9F3N4O2. The van der Waals surface area contributed by atoms with Crippen molar-refractivity contribution in [2.45, 2.75) is 12.6 Å². The van der Waals surface area contributed by atoms with E-state index < -0.39 is 12.8 Å². The Hall–Kier alpha value is -2.34. The first-order valence-electron chi connectivity index (χ1n) is 5.54. The summed E-state index contributed by atoms with van der Waals surface area (Å²) in [5.41, 5.74) is 0.810. The van der Waals surface area contributed by atoms with Crippen LogP contribution in [0.1, 0.15) is 11.5 Å². The van der Waals surface area contributed by atoms with E-state index in [1.165, 1.54) is 0 Å². The Bertz CT molecular complexity index is 612. The summed E-state index contributed by atoms with van der Waals surface area (Å²) >= 11 is 0. The van der Waals surface area contributed by atoms with Crippen molar-refractivity contribution in [2.24, 2.45) is 0 Å². The van der Waals surface area contributed by atoms with Gasteiger partial charge in [-0.1, -0.05) is 5.16 Å². The van der Waals surface area contributed by atoms with E-state index in [1.54, 1.807) is 12.1 Å². The first kappa shape index (κ1) is 14.1. The zero-order chi connectivity index (χ0) is 14.6. The van der Waals surface area contributed by atoms with E-state index >= 15 is 0 Å². The summed E-state index contributed by atoms with van der Waals surface area (Å²) in [6.07, 6.45) is -4.24. The van der Waals surface area contributed by atoms with Crippen LogP contribution in [0, 0.1) is 11.3 Å². The molecule has 0 saturated heterocycles. The number of ether oxygens (including phenoxy) is 1. The van der Waals surface area contributed by atoms with Gasteiger partial charge in [0, 0.05) is 6.42 Å². The van der Waals surface area contributed by atoms with Crippen molar-refractivity contribution in [3.63, 3.8) is 0 Å². The van der Waals surface area contributed by atoms with Crippen LogP contribution in [-0.2, 0) is 11.2 Å². The fourth-order valence-corrected chi connectivity index (χ4v) is 1.40. The third-order valence-corrected chi connectivity index (χ3v) is 2.24. The van der Waals surface area contributed by atoms with Gasteiger partial charge in [-0.3, -0.25) is 0 Å². The van der Waals surface area contributed by atoms with Crippen LogP contribution in [0.15, 0.2) is 16.7 Å². The van der Waals surface area contributed by atoms with Gasteiger partial charge in [0.1, 0.15) is 24.1 Å². The molecule has 2 aromatic heterocycles. The van der Waals surface area contributed by atoms with Gasteiger partial charge in [-0.25, -0.2) is 0 Å². The van der Waals surface area contributed by atoms with Crippen LogP contribution in [0.3, 0.4) is 0 Å². The molecule has 0 radical (unpaired) electrons. The van der Waals surface area contributed by atoms with Crippen molar-refractivity contribution < 1.29 is 22.4 Å². The van der Waals surface area contributed by atoms with Gasteiger partial charge in [0.05, 0.1) is 6.61 Å². The Kier molecular flexibility index (Phi) is 4.05. The summed E-state index contributed by atoms with van der Waals surface area (Å²) < 4.78 is 44.9. The molecule has 1 N–H and O–H groups in total. The second kappa shape index (κ2) is 5.75. The van der Waals surface area contributed by atoms with E-state index in [9.17, 15) is 13.2 Å². The fraction of sp³-hybridized carbons (Fsp3) is 0.364. The highest BCUT2D eigenvalue weighted by Gasteiger charge is 2.27. The molecule has 0 bridgehead atoms. The van der Waals surface area contributed by atoms with E-state index in [-0.39, 0.29) is 24.7 Å². The summed E-state index contributed by atoms with van der Waals surface area (Å²) in [4.78, 5) is 6.72. The standard InChI is InChI=1S/C11H9F3N4O2/c12-11(13,14)6-19-4-3-9-17-10(20-18-9)8-2-1-7(5-15)16-8/h1-2,16H,3-4,6H2. The monoisotopic (exact) mass is 286 g/mol. The average Bonchev–Trinajstić information content (AvgIpc) is 3.02. The topological polar surface area (TPSA) is 87.7 Å². The molecule has 6 nitrogen and oxygen atoms in total. The number of hydrogen-bond acceptors (Lipinski definition) is 5. The number of aromatic nitrogens is 3. The smallest absolute Gasteiger partial charge is 0.372 e. The number of alkyl halides is 3. The van der Waals surface area contributed by atoms with Crippen LogP contribution < -0.4 is 0 Å². The molecule has 0 aliphatic heterocycles. The lowest BCUT2D eigenvalue weighted by Gasteiger charge is -2.05. The first-order valence-corrected chi connectivity index (χ1v) is 5.54. The maximum Gasteiger partial charge on any atom is 0.411 e. The van der Waals surface area contributed by atoms with Crippen LogP contribution in [0.2, 0.25) is 0 Å². The molecule has 0 aromatic carbocycles. The number of rotatable bonds is 5. The third-order valence-electron chi connectivity index (χ3n) is 2.24. The second-order valence-electron chi connectivity index (χ2n) is 3.83. The Morgan fingerprint density at radius 3 is 2.85 bits per heavy atom. The zero-order valence-electron chi connectivity index (χ0n) is 10.1. The first-order chi connectivity index (χ1) is 9.48. The Balaban J connectivity index is 1.88. The van der Waals surface area contributed by atoms with Crippen molar-refractivity contribution in [2.75, 3.05) is 13.2 Å². The minimum absolute atomic E-state index is 0.103. The quantitative estimate of drug-likeness (QED) is 0.850. The van der Waals surface area contributed by atoms with Gasteiger partial charge in [0.15, 0.2) is 5.82 Å². The summed E-state index contributed by atoms with van der Waals surface area (Å²) in [6, 6.07) is 5.05. The lowest BCUT2D eigenvalue weighted by atomic mass is 10.4. The van der Waals surface area contributed by atoms with Gasteiger partial charge in [0.25, 0.3) is 5.89 Å². The molecule has 0 saturated carbocycles. The number of halogens is 3. The zero-order valence-corrected chi connectivity index (χ0v) is 10.1. The number of nitrogens with one attached hydrogen (secondary N) is 1. The molecule has 0 atom stereocenters. The Morgan fingerprint density at radius 2 is 2.20 bits per heavy atom. The summed E-state index contributed by atoms with van der Waals surface area (Å²) in [5, 5.41) is 12.3. The maximum atomic E-state index is 11.8. The molecule has 0 aliphatic carbocycles. The van der Waals surface area contributed by atoms with E-state index in [0.29, 0.717) is 11.4 Å². The van der Waals surface area contributed by atoms with Crippen LogP contribution >= 0.6 is 0 Å². The van der Waals surface area contributed by atoms with Gasteiger partial charge >= 0.3 is 6.18 Å². The SMILES string of the molecule is N#Cc1ccc(-c2nc(CCOCC(F)(F)F)no2)[nH]1. The predicted molar refractivity (Wildman–Crippen MR) is 59.4 cm³/mol. The lowest BCUT2D eigenvalue weighted by molar-refractivity contribution is -0.173. The molecule has 20 heavy (non-hydrogen) atoms. The number of aromatic amines is 1. The van der Waals surface area contributed by atoms with E-state index in [2.05, 4.69) is 19.9 Å². The highest BCUT2D eigenvalue weighted by Crippen LogP contribution is 2.17. The molecule has 2 heterocycles.